The Kier molecular flexibility index (Phi) is 4.97. The van der Waals surface area contributed by atoms with Crippen molar-refractivity contribution < 1.29 is 9.53 Å². The molecule has 1 aliphatic rings. The fraction of sp³-hybridized carbons (Fsp3) is 0.259. The Bertz CT molecular complexity index is 1330. The van der Waals surface area contributed by atoms with E-state index in [1.54, 1.807) is 4.90 Å². The summed E-state index contributed by atoms with van der Waals surface area (Å²) in [6, 6.07) is 17.2. The maximum atomic E-state index is 12.3. The molecule has 0 bridgehead atoms. The van der Waals surface area contributed by atoms with Crippen LogP contribution in [-0.2, 0) is 4.74 Å². The number of nitrogens with zero attached hydrogens (tertiary/aromatic N) is 2. The number of nitrogens with one attached hydrogen (secondary N) is 1. The van der Waals surface area contributed by atoms with Crippen molar-refractivity contribution >= 4 is 33.5 Å². The Balaban J connectivity index is 1.42. The standard InChI is InChI=1S/C27H27N3O2/c1-27(2,3)32-26(31)30-14-10-19(11-15-30)20-5-7-24-23(16-20)22-6-4-21(17-25(22)29-24)18-8-12-28-13-9-18/h4-10,12-13,16-17,29H,11,14-15H2,1-3H3. The molecule has 5 heteroatoms. The molecule has 5 nitrogen and oxygen atoms in total. The van der Waals surface area contributed by atoms with Crippen LogP contribution in [0, 0.1) is 0 Å². The number of fused-ring (bicyclic) bond motifs is 3. The first-order valence-corrected chi connectivity index (χ1v) is 11.0. The molecule has 0 atom stereocenters. The lowest BCUT2D eigenvalue weighted by molar-refractivity contribution is 0.0270. The van der Waals surface area contributed by atoms with Gasteiger partial charge in [0.25, 0.3) is 0 Å². The third-order valence-electron chi connectivity index (χ3n) is 5.84. The van der Waals surface area contributed by atoms with Crippen molar-refractivity contribution in [1.29, 1.82) is 0 Å². The second kappa shape index (κ2) is 7.83. The highest BCUT2D eigenvalue weighted by atomic mass is 16.6. The molecule has 1 aliphatic heterocycles. The van der Waals surface area contributed by atoms with Crippen LogP contribution in [0.5, 0.6) is 0 Å². The lowest BCUT2D eigenvalue weighted by Crippen LogP contribution is -2.39. The van der Waals surface area contributed by atoms with E-state index in [0.717, 1.165) is 23.0 Å². The molecule has 0 saturated heterocycles. The van der Waals surface area contributed by atoms with Crippen LogP contribution in [0.4, 0.5) is 4.79 Å². The molecule has 32 heavy (non-hydrogen) atoms. The number of carbonyl (C=O) groups is 1. The van der Waals surface area contributed by atoms with E-state index in [1.807, 2.05) is 45.3 Å². The van der Waals surface area contributed by atoms with Crippen molar-refractivity contribution in [2.75, 3.05) is 13.1 Å². The minimum atomic E-state index is -0.473. The summed E-state index contributed by atoms with van der Waals surface area (Å²) in [5.41, 5.74) is 6.59. The van der Waals surface area contributed by atoms with Crippen molar-refractivity contribution in [3.05, 3.63) is 72.6 Å². The van der Waals surface area contributed by atoms with E-state index in [1.165, 1.54) is 27.5 Å². The van der Waals surface area contributed by atoms with Crippen LogP contribution < -0.4 is 0 Å². The number of aromatic amines is 1. The molecule has 1 amide bonds. The average Bonchev–Trinajstić information content (AvgIpc) is 3.15. The number of carbonyl (C=O) groups excluding carboxylic acids is 1. The summed E-state index contributed by atoms with van der Waals surface area (Å²) in [4.78, 5) is 21.8. The van der Waals surface area contributed by atoms with E-state index in [2.05, 4.69) is 52.4 Å². The number of aromatic nitrogens is 2. The SMILES string of the molecule is CC(C)(C)OC(=O)N1CC=C(c2ccc3[nH]c4cc(-c5ccncc5)ccc4c3c2)CC1. The summed E-state index contributed by atoms with van der Waals surface area (Å²) < 4.78 is 5.51. The Morgan fingerprint density at radius 1 is 0.938 bits per heavy atom. The van der Waals surface area contributed by atoms with Crippen LogP contribution in [0.3, 0.4) is 0 Å². The first-order valence-electron chi connectivity index (χ1n) is 11.0. The van der Waals surface area contributed by atoms with Gasteiger partial charge in [0.15, 0.2) is 0 Å². The van der Waals surface area contributed by atoms with Gasteiger partial charge in [-0.25, -0.2) is 4.79 Å². The molecule has 0 aliphatic carbocycles. The van der Waals surface area contributed by atoms with Gasteiger partial charge in [0.1, 0.15) is 5.60 Å². The number of hydrogen-bond donors (Lipinski definition) is 1. The van der Waals surface area contributed by atoms with Crippen LogP contribution in [0.2, 0.25) is 0 Å². The molecule has 162 valence electrons. The smallest absolute Gasteiger partial charge is 0.410 e. The quantitative estimate of drug-likeness (QED) is 0.404. The van der Waals surface area contributed by atoms with Crippen molar-refractivity contribution in [2.24, 2.45) is 0 Å². The molecule has 2 aromatic heterocycles. The zero-order valence-electron chi connectivity index (χ0n) is 18.7. The largest absolute Gasteiger partial charge is 0.444 e. The van der Waals surface area contributed by atoms with Crippen LogP contribution in [-0.4, -0.2) is 39.7 Å². The molecular formula is C27H27N3O2. The Morgan fingerprint density at radius 3 is 2.44 bits per heavy atom. The highest BCUT2D eigenvalue weighted by Crippen LogP contribution is 2.32. The van der Waals surface area contributed by atoms with Crippen LogP contribution in [0.25, 0.3) is 38.5 Å². The number of H-pyrrole nitrogens is 1. The van der Waals surface area contributed by atoms with Gasteiger partial charge in [-0.1, -0.05) is 24.3 Å². The van der Waals surface area contributed by atoms with Crippen molar-refractivity contribution in [1.82, 2.24) is 14.9 Å². The number of ether oxygens (including phenoxy) is 1. The highest BCUT2D eigenvalue weighted by molar-refractivity contribution is 6.09. The maximum absolute atomic E-state index is 12.3. The van der Waals surface area contributed by atoms with Gasteiger partial charge in [-0.05, 0) is 79.8 Å². The molecule has 2 aromatic carbocycles. The van der Waals surface area contributed by atoms with E-state index in [-0.39, 0.29) is 6.09 Å². The summed E-state index contributed by atoms with van der Waals surface area (Å²) in [6.45, 7) is 6.93. The first kappa shape index (κ1) is 20.3. The van der Waals surface area contributed by atoms with E-state index in [0.29, 0.717) is 13.1 Å². The van der Waals surface area contributed by atoms with Gasteiger partial charge in [0.2, 0.25) is 0 Å². The minimum absolute atomic E-state index is 0.245. The van der Waals surface area contributed by atoms with Gasteiger partial charge >= 0.3 is 6.09 Å². The second-order valence-electron chi connectivity index (χ2n) is 9.29. The van der Waals surface area contributed by atoms with Crippen LogP contribution in [0.1, 0.15) is 32.8 Å². The van der Waals surface area contributed by atoms with E-state index < -0.39 is 5.60 Å². The van der Waals surface area contributed by atoms with Gasteiger partial charge in [-0.3, -0.25) is 4.98 Å². The Morgan fingerprint density at radius 2 is 1.72 bits per heavy atom. The number of hydrogen-bond acceptors (Lipinski definition) is 3. The Labute approximate surface area is 187 Å². The van der Waals surface area contributed by atoms with Crippen molar-refractivity contribution in [3.8, 4) is 11.1 Å². The monoisotopic (exact) mass is 425 g/mol. The number of rotatable bonds is 2. The predicted octanol–water partition coefficient (Wildman–Crippen LogP) is 6.41. The third-order valence-corrected chi connectivity index (χ3v) is 5.84. The molecule has 0 fully saturated rings. The molecule has 3 heterocycles. The summed E-state index contributed by atoms with van der Waals surface area (Å²) in [5, 5.41) is 2.43. The molecule has 5 rings (SSSR count). The summed E-state index contributed by atoms with van der Waals surface area (Å²) >= 11 is 0. The maximum Gasteiger partial charge on any atom is 0.410 e. The topological polar surface area (TPSA) is 58.2 Å². The third kappa shape index (κ3) is 3.98. The van der Waals surface area contributed by atoms with E-state index >= 15 is 0 Å². The second-order valence-corrected chi connectivity index (χ2v) is 9.29. The van der Waals surface area contributed by atoms with Gasteiger partial charge < -0.3 is 14.6 Å². The Hall–Kier alpha value is -3.60. The number of amides is 1. The normalized spacial score (nSPS) is 14.6. The molecule has 0 unspecified atom stereocenters. The van der Waals surface area contributed by atoms with Gasteiger partial charge in [-0.15, -0.1) is 0 Å². The van der Waals surface area contributed by atoms with E-state index in [4.69, 9.17) is 4.74 Å². The summed E-state index contributed by atoms with van der Waals surface area (Å²) in [7, 11) is 0. The fourth-order valence-electron chi connectivity index (χ4n) is 4.25. The molecule has 0 saturated carbocycles. The fourth-order valence-corrected chi connectivity index (χ4v) is 4.25. The van der Waals surface area contributed by atoms with Crippen LogP contribution >= 0.6 is 0 Å². The van der Waals surface area contributed by atoms with Crippen molar-refractivity contribution in [2.45, 2.75) is 32.8 Å². The highest BCUT2D eigenvalue weighted by Gasteiger charge is 2.24. The first-order chi connectivity index (χ1) is 15.4. The summed E-state index contributed by atoms with van der Waals surface area (Å²) in [5.74, 6) is 0. The average molecular weight is 426 g/mol. The molecule has 0 radical (unpaired) electrons. The molecule has 4 aromatic rings. The lowest BCUT2D eigenvalue weighted by Gasteiger charge is -2.29. The lowest BCUT2D eigenvalue weighted by atomic mass is 9.97. The zero-order chi connectivity index (χ0) is 22.3. The molecule has 0 spiro atoms. The van der Waals surface area contributed by atoms with Crippen LogP contribution in [0.15, 0.2) is 67.0 Å². The van der Waals surface area contributed by atoms with Gasteiger partial charge in [-0.2, -0.15) is 0 Å². The molecule has 1 N–H and O–H groups in total. The zero-order valence-corrected chi connectivity index (χ0v) is 18.7. The van der Waals surface area contributed by atoms with Gasteiger partial charge in [0, 0.05) is 47.3 Å². The van der Waals surface area contributed by atoms with Gasteiger partial charge in [0.05, 0.1) is 0 Å². The number of pyridine rings is 1. The predicted molar refractivity (Wildman–Crippen MR) is 129 cm³/mol. The van der Waals surface area contributed by atoms with Crippen molar-refractivity contribution in [3.63, 3.8) is 0 Å². The summed E-state index contributed by atoms with van der Waals surface area (Å²) in [6.07, 6.45) is 6.35. The minimum Gasteiger partial charge on any atom is -0.444 e. The number of benzene rings is 2. The van der Waals surface area contributed by atoms with E-state index in [9.17, 15) is 4.79 Å². The molecular weight excluding hydrogens is 398 g/mol.